The van der Waals surface area contributed by atoms with E-state index >= 15 is 0 Å². The highest BCUT2D eigenvalue weighted by atomic mass is 127. The Morgan fingerprint density at radius 1 is 1.15 bits per heavy atom. The number of para-hydroxylation sites is 1. The number of hydrogen-bond acceptors (Lipinski definition) is 3. The lowest BCUT2D eigenvalue weighted by Gasteiger charge is -2.36. The van der Waals surface area contributed by atoms with Crippen molar-refractivity contribution in [3.05, 3.63) is 30.3 Å². The van der Waals surface area contributed by atoms with Crippen LogP contribution in [0.25, 0.3) is 0 Å². The number of hydrogen-bond donors (Lipinski definition) is 2. The average Bonchev–Trinajstić information content (AvgIpc) is 3.47. The molecule has 144 valence electrons. The molecule has 1 heterocycles. The molecule has 3 rings (SSSR count). The summed E-state index contributed by atoms with van der Waals surface area (Å²) in [7, 11) is 0. The second-order valence-electron chi connectivity index (χ2n) is 6.63. The van der Waals surface area contributed by atoms with Crippen molar-refractivity contribution in [1.82, 2.24) is 15.5 Å². The number of halogens is 1. The third-order valence-corrected chi connectivity index (χ3v) is 4.61. The van der Waals surface area contributed by atoms with Crippen molar-refractivity contribution in [3.63, 3.8) is 0 Å². The van der Waals surface area contributed by atoms with Crippen molar-refractivity contribution < 1.29 is 4.79 Å². The SMILES string of the molecule is CCNC(=NCCC(=O)N1CCN(c2ccccc2)CC1)NC1CC1.I. The first-order valence-electron chi connectivity index (χ1n) is 9.39. The van der Waals surface area contributed by atoms with Gasteiger partial charge < -0.3 is 20.4 Å². The largest absolute Gasteiger partial charge is 0.368 e. The summed E-state index contributed by atoms with van der Waals surface area (Å²) in [5.41, 5.74) is 1.24. The van der Waals surface area contributed by atoms with Crippen LogP contribution in [0.2, 0.25) is 0 Å². The normalized spacial score (nSPS) is 17.5. The Morgan fingerprint density at radius 3 is 2.46 bits per heavy atom. The van der Waals surface area contributed by atoms with Crippen molar-refractivity contribution >= 4 is 41.5 Å². The second kappa shape index (κ2) is 10.6. The Kier molecular flexibility index (Phi) is 8.47. The maximum absolute atomic E-state index is 12.4. The molecular weight excluding hydrogens is 441 g/mol. The van der Waals surface area contributed by atoms with Crippen molar-refractivity contribution in [2.75, 3.05) is 44.2 Å². The summed E-state index contributed by atoms with van der Waals surface area (Å²) in [5, 5.41) is 6.61. The summed E-state index contributed by atoms with van der Waals surface area (Å²) >= 11 is 0. The molecule has 1 aliphatic heterocycles. The van der Waals surface area contributed by atoms with E-state index in [1.165, 1.54) is 18.5 Å². The van der Waals surface area contributed by atoms with Gasteiger partial charge in [-0.3, -0.25) is 9.79 Å². The van der Waals surface area contributed by atoms with Crippen LogP contribution in [0.15, 0.2) is 35.3 Å². The van der Waals surface area contributed by atoms with E-state index in [2.05, 4.69) is 51.7 Å². The minimum Gasteiger partial charge on any atom is -0.368 e. The fourth-order valence-electron chi connectivity index (χ4n) is 3.02. The molecule has 7 heteroatoms. The molecule has 0 unspecified atom stereocenters. The number of rotatable bonds is 6. The van der Waals surface area contributed by atoms with Gasteiger partial charge in [-0.2, -0.15) is 0 Å². The van der Waals surface area contributed by atoms with Gasteiger partial charge in [0.15, 0.2) is 5.96 Å². The van der Waals surface area contributed by atoms with Gasteiger partial charge in [0.25, 0.3) is 0 Å². The maximum Gasteiger partial charge on any atom is 0.224 e. The Balaban J connectivity index is 0.00000243. The number of guanidine groups is 1. The first-order valence-corrected chi connectivity index (χ1v) is 9.39. The van der Waals surface area contributed by atoms with E-state index in [9.17, 15) is 4.79 Å². The van der Waals surface area contributed by atoms with Gasteiger partial charge in [0.05, 0.1) is 6.54 Å². The summed E-state index contributed by atoms with van der Waals surface area (Å²) < 4.78 is 0. The fourth-order valence-corrected chi connectivity index (χ4v) is 3.02. The standard InChI is InChI=1S/C19H29N5O.HI/c1-2-20-19(22-16-8-9-16)21-11-10-18(25)24-14-12-23(13-15-24)17-6-4-3-5-7-17;/h3-7,16H,2,8-15H2,1H3,(H2,20,21,22);1H. The molecule has 2 aliphatic rings. The van der Waals surface area contributed by atoms with E-state index in [0.29, 0.717) is 19.0 Å². The van der Waals surface area contributed by atoms with Crippen molar-refractivity contribution in [1.29, 1.82) is 0 Å². The summed E-state index contributed by atoms with van der Waals surface area (Å²) in [6.07, 6.45) is 2.91. The van der Waals surface area contributed by atoms with Crippen LogP contribution in [0.1, 0.15) is 26.2 Å². The fraction of sp³-hybridized carbons (Fsp3) is 0.579. The quantitative estimate of drug-likeness (QED) is 0.379. The topological polar surface area (TPSA) is 60.0 Å². The zero-order chi connectivity index (χ0) is 17.5. The third kappa shape index (κ3) is 6.34. The molecule has 6 nitrogen and oxygen atoms in total. The lowest BCUT2D eigenvalue weighted by Crippen LogP contribution is -2.49. The lowest BCUT2D eigenvalue weighted by atomic mass is 10.2. The number of nitrogens with zero attached hydrogens (tertiary/aromatic N) is 3. The number of amides is 1. The van der Waals surface area contributed by atoms with Crippen LogP contribution >= 0.6 is 24.0 Å². The van der Waals surface area contributed by atoms with Crippen LogP contribution in [0.5, 0.6) is 0 Å². The number of benzene rings is 1. The Labute approximate surface area is 173 Å². The van der Waals surface area contributed by atoms with E-state index in [0.717, 1.165) is 38.7 Å². The number of aliphatic imine (C=N–C) groups is 1. The van der Waals surface area contributed by atoms with Crippen molar-refractivity contribution in [2.24, 2.45) is 4.99 Å². The average molecular weight is 471 g/mol. The number of carbonyl (C=O) groups excluding carboxylic acids is 1. The molecule has 26 heavy (non-hydrogen) atoms. The number of nitrogens with one attached hydrogen (secondary N) is 2. The van der Waals surface area contributed by atoms with E-state index in [4.69, 9.17) is 0 Å². The molecule has 2 fully saturated rings. The molecule has 1 aromatic carbocycles. The van der Waals surface area contributed by atoms with Gasteiger partial charge in [0.1, 0.15) is 0 Å². The molecule has 0 spiro atoms. The number of piperazine rings is 1. The molecule has 1 aromatic rings. The Bertz CT molecular complexity index is 583. The van der Waals surface area contributed by atoms with Gasteiger partial charge in [-0.15, -0.1) is 24.0 Å². The predicted octanol–water partition coefficient (Wildman–Crippen LogP) is 2.06. The van der Waals surface area contributed by atoms with E-state index < -0.39 is 0 Å². The molecular formula is C19H30IN5O. The summed E-state index contributed by atoms with van der Waals surface area (Å²) in [6, 6.07) is 11.0. The smallest absolute Gasteiger partial charge is 0.224 e. The first-order chi connectivity index (χ1) is 12.3. The molecule has 0 aromatic heterocycles. The predicted molar refractivity (Wildman–Crippen MR) is 117 cm³/mol. The molecule has 1 aliphatic carbocycles. The number of carbonyl (C=O) groups is 1. The molecule has 0 radical (unpaired) electrons. The lowest BCUT2D eigenvalue weighted by molar-refractivity contribution is -0.131. The zero-order valence-electron chi connectivity index (χ0n) is 15.5. The zero-order valence-corrected chi connectivity index (χ0v) is 17.8. The second-order valence-corrected chi connectivity index (χ2v) is 6.63. The highest BCUT2D eigenvalue weighted by Gasteiger charge is 2.23. The van der Waals surface area contributed by atoms with Crippen molar-refractivity contribution in [2.45, 2.75) is 32.2 Å². The van der Waals surface area contributed by atoms with E-state index in [1.807, 2.05) is 11.0 Å². The van der Waals surface area contributed by atoms with E-state index in [-0.39, 0.29) is 29.9 Å². The molecule has 1 amide bonds. The van der Waals surface area contributed by atoms with E-state index in [1.54, 1.807) is 0 Å². The van der Waals surface area contributed by atoms with Gasteiger partial charge in [-0.05, 0) is 31.9 Å². The van der Waals surface area contributed by atoms with Gasteiger partial charge in [-0.1, -0.05) is 18.2 Å². The summed E-state index contributed by atoms with van der Waals surface area (Å²) in [4.78, 5) is 21.2. The molecule has 2 N–H and O–H groups in total. The van der Waals surface area contributed by atoms with Gasteiger partial charge in [0, 0.05) is 50.9 Å². The maximum atomic E-state index is 12.4. The third-order valence-electron chi connectivity index (χ3n) is 4.61. The summed E-state index contributed by atoms with van der Waals surface area (Å²) in [6.45, 7) is 6.81. The highest BCUT2D eigenvalue weighted by molar-refractivity contribution is 14.0. The van der Waals surface area contributed by atoms with Gasteiger partial charge in [0.2, 0.25) is 5.91 Å². The van der Waals surface area contributed by atoms with Crippen LogP contribution in [-0.2, 0) is 4.79 Å². The van der Waals surface area contributed by atoms with Crippen LogP contribution in [-0.4, -0.2) is 62.1 Å². The van der Waals surface area contributed by atoms with Gasteiger partial charge >= 0.3 is 0 Å². The van der Waals surface area contributed by atoms with Crippen LogP contribution < -0.4 is 15.5 Å². The monoisotopic (exact) mass is 471 g/mol. The van der Waals surface area contributed by atoms with Crippen LogP contribution in [0.3, 0.4) is 0 Å². The molecule has 1 saturated heterocycles. The molecule has 0 atom stereocenters. The Hall–Kier alpha value is -1.51. The van der Waals surface area contributed by atoms with Crippen LogP contribution in [0, 0.1) is 0 Å². The first kappa shape index (κ1) is 20.8. The highest BCUT2D eigenvalue weighted by Crippen LogP contribution is 2.18. The van der Waals surface area contributed by atoms with Gasteiger partial charge in [-0.25, -0.2) is 0 Å². The molecule has 0 bridgehead atoms. The van der Waals surface area contributed by atoms with Crippen LogP contribution in [0.4, 0.5) is 5.69 Å². The summed E-state index contributed by atoms with van der Waals surface area (Å²) in [5.74, 6) is 1.05. The Morgan fingerprint density at radius 2 is 1.85 bits per heavy atom. The number of anilines is 1. The van der Waals surface area contributed by atoms with Crippen molar-refractivity contribution in [3.8, 4) is 0 Å². The minimum absolute atomic E-state index is 0. The molecule has 1 saturated carbocycles. The minimum atomic E-state index is 0.